The van der Waals surface area contributed by atoms with E-state index >= 15 is 0 Å². The molecule has 0 spiro atoms. The Balaban J connectivity index is 2.11. The number of rotatable bonds is 1. The van der Waals surface area contributed by atoms with E-state index in [9.17, 15) is 0 Å². The van der Waals surface area contributed by atoms with Crippen molar-refractivity contribution in [1.82, 2.24) is 4.98 Å². The topological polar surface area (TPSA) is 44.5 Å². The van der Waals surface area contributed by atoms with Crippen LogP contribution in [0, 0.1) is 0 Å². The molecule has 0 unspecified atom stereocenters. The SMILES string of the molecule is CC1(c2nc3ccccc3o2)OCCO1. The van der Waals surface area contributed by atoms with Crippen LogP contribution < -0.4 is 0 Å². The van der Waals surface area contributed by atoms with Crippen LogP contribution in [0.4, 0.5) is 0 Å². The molecule has 1 aliphatic heterocycles. The van der Waals surface area contributed by atoms with Gasteiger partial charge in [-0.2, -0.15) is 0 Å². The summed E-state index contributed by atoms with van der Waals surface area (Å²) in [5, 5.41) is 0. The monoisotopic (exact) mass is 205 g/mol. The molecule has 1 aliphatic rings. The number of benzene rings is 1. The van der Waals surface area contributed by atoms with Gasteiger partial charge in [-0.15, -0.1) is 0 Å². The maximum Gasteiger partial charge on any atom is 0.256 e. The Morgan fingerprint density at radius 1 is 1.20 bits per heavy atom. The van der Waals surface area contributed by atoms with Crippen molar-refractivity contribution in [3.8, 4) is 0 Å². The zero-order valence-corrected chi connectivity index (χ0v) is 8.40. The van der Waals surface area contributed by atoms with Crippen molar-refractivity contribution in [2.24, 2.45) is 0 Å². The largest absolute Gasteiger partial charge is 0.435 e. The molecule has 4 nitrogen and oxygen atoms in total. The van der Waals surface area contributed by atoms with Gasteiger partial charge in [0, 0.05) is 0 Å². The highest BCUT2D eigenvalue weighted by Crippen LogP contribution is 2.32. The molecule has 78 valence electrons. The first kappa shape index (κ1) is 8.88. The fraction of sp³-hybridized carbons (Fsp3) is 0.364. The minimum atomic E-state index is -0.820. The quantitative estimate of drug-likeness (QED) is 0.714. The predicted molar refractivity (Wildman–Crippen MR) is 53.3 cm³/mol. The van der Waals surface area contributed by atoms with Crippen LogP contribution in [-0.4, -0.2) is 18.2 Å². The lowest BCUT2D eigenvalue weighted by Gasteiger charge is -2.16. The summed E-state index contributed by atoms with van der Waals surface area (Å²) < 4.78 is 16.5. The second-order valence-electron chi connectivity index (χ2n) is 3.63. The third kappa shape index (κ3) is 1.33. The number of para-hydroxylation sites is 2. The fourth-order valence-corrected chi connectivity index (χ4v) is 1.70. The zero-order valence-electron chi connectivity index (χ0n) is 8.40. The first-order valence-electron chi connectivity index (χ1n) is 4.92. The summed E-state index contributed by atoms with van der Waals surface area (Å²) in [7, 11) is 0. The smallest absolute Gasteiger partial charge is 0.256 e. The lowest BCUT2D eigenvalue weighted by Crippen LogP contribution is -2.22. The Labute approximate surface area is 86.8 Å². The van der Waals surface area contributed by atoms with Crippen molar-refractivity contribution >= 4 is 11.1 Å². The van der Waals surface area contributed by atoms with Gasteiger partial charge in [0.1, 0.15) is 5.52 Å². The van der Waals surface area contributed by atoms with Crippen molar-refractivity contribution in [3.63, 3.8) is 0 Å². The number of fused-ring (bicyclic) bond motifs is 1. The maximum atomic E-state index is 5.59. The number of ether oxygens (including phenoxy) is 2. The Morgan fingerprint density at radius 2 is 1.93 bits per heavy atom. The molecule has 15 heavy (non-hydrogen) atoms. The normalized spacial score (nSPS) is 19.8. The van der Waals surface area contributed by atoms with Crippen molar-refractivity contribution in [3.05, 3.63) is 30.2 Å². The fourth-order valence-electron chi connectivity index (χ4n) is 1.70. The first-order valence-corrected chi connectivity index (χ1v) is 4.92. The number of nitrogens with zero attached hydrogens (tertiary/aromatic N) is 1. The van der Waals surface area contributed by atoms with Gasteiger partial charge in [-0.25, -0.2) is 4.98 Å². The van der Waals surface area contributed by atoms with Crippen LogP contribution in [0.25, 0.3) is 11.1 Å². The van der Waals surface area contributed by atoms with Gasteiger partial charge < -0.3 is 13.9 Å². The third-order valence-corrected chi connectivity index (χ3v) is 2.52. The van der Waals surface area contributed by atoms with E-state index in [2.05, 4.69) is 4.98 Å². The molecule has 0 N–H and O–H groups in total. The highest BCUT2D eigenvalue weighted by Gasteiger charge is 2.38. The van der Waals surface area contributed by atoms with E-state index in [1.54, 1.807) is 0 Å². The molecule has 0 aliphatic carbocycles. The molecule has 1 aromatic heterocycles. The first-order chi connectivity index (χ1) is 7.28. The highest BCUT2D eigenvalue weighted by molar-refractivity contribution is 5.72. The molecular formula is C11H11NO3. The molecule has 2 heterocycles. The minimum Gasteiger partial charge on any atom is -0.435 e. The summed E-state index contributed by atoms with van der Waals surface area (Å²) in [4.78, 5) is 4.35. The number of aromatic nitrogens is 1. The Morgan fingerprint density at radius 3 is 2.67 bits per heavy atom. The lowest BCUT2D eigenvalue weighted by molar-refractivity contribution is -0.165. The van der Waals surface area contributed by atoms with E-state index in [0.29, 0.717) is 19.1 Å². The summed E-state index contributed by atoms with van der Waals surface area (Å²) >= 11 is 0. The van der Waals surface area contributed by atoms with Gasteiger partial charge in [0.15, 0.2) is 5.58 Å². The molecule has 0 radical (unpaired) electrons. The molecule has 0 saturated carbocycles. The van der Waals surface area contributed by atoms with Crippen molar-refractivity contribution in [1.29, 1.82) is 0 Å². The van der Waals surface area contributed by atoms with Crippen molar-refractivity contribution in [2.45, 2.75) is 12.7 Å². The van der Waals surface area contributed by atoms with Crippen LogP contribution >= 0.6 is 0 Å². The van der Waals surface area contributed by atoms with Gasteiger partial charge in [-0.05, 0) is 19.1 Å². The molecule has 1 fully saturated rings. The Hall–Kier alpha value is -1.39. The van der Waals surface area contributed by atoms with Crippen LogP contribution in [0.5, 0.6) is 0 Å². The van der Waals surface area contributed by atoms with Crippen LogP contribution in [0.15, 0.2) is 28.7 Å². The van der Waals surface area contributed by atoms with Gasteiger partial charge in [0.2, 0.25) is 5.79 Å². The van der Waals surface area contributed by atoms with E-state index in [4.69, 9.17) is 13.9 Å². The molecule has 0 amide bonds. The van der Waals surface area contributed by atoms with Gasteiger partial charge in [-0.1, -0.05) is 12.1 Å². The Bertz CT molecular complexity index is 452. The average Bonchev–Trinajstić information content (AvgIpc) is 2.84. The standard InChI is InChI=1S/C11H11NO3/c1-11(13-6-7-14-11)10-12-8-4-2-3-5-9(8)15-10/h2-5H,6-7H2,1H3. The number of hydrogen-bond acceptors (Lipinski definition) is 4. The third-order valence-electron chi connectivity index (χ3n) is 2.52. The molecule has 1 aromatic carbocycles. The molecule has 0 bridgehead atoms. The molecule has 0 atom stereocenters. The summed E-state index contributed by atoms with van der Waals surface area (Å²) in [6, 6.07) is 7.62. The van der Waals surface area contributed by atoms with E-state index in [1.165, 1.54) is 0 Å². The highest BCUT2D eigenvalue weighted by atomic mass is 16.7. The summed E-state index contributed by atoms with van der Waals surface area (Å²) in [6.07, 6.45) is 0. The molecule has 3 rings (SSSR count). The zero-order chi connectivity index (χ0) is 10.3. The lowest BCUT2D eigenvalue weighted by atomic mass is 10.3. The molecule has 2 aromatic rings. The molecular weight excluding hydrogens is 194 g/mol. The van der Waals surface area contributed by atoms with Crippen LogP contribution in [0.1, 0.15) is 12.8 Å². The van der Waals surface area contributed by atoms with Gasteiger partial charge in [0.05, 0.1) is 13.2 Å². The number of oxazole rings is 1. The van der Waals surface area contributed by atoms with Gasteiger partial charge in [0.25, 0.3) is 5.89 Å². The average molecular weight is 205 g/mol. The second-order valence-corrected chi connectivity index (χ2v) is 3.63. The molecule has 1 saturated heterocycles. The van der Waals surface area contributed by atoms with Crippen LogP contribution in [0.2, 0.25) is 0 Å². The van der Waals surface area contributed by atoms with Crippen molar-refractivity contribution in [2.75, 3.05) is 13.2 Å². The van der Waals surface area contributed by atoms with E-state index in [0.717, 1.165) is 11.1 Å². The van der Waals surface area contributed by atoms with E-state index < -0.39 is 5.79 Å². The van der Waals surface area contributed by atoms with Gasteiger partial charge in [-0.3, -0.25) is 0 Å². The van der Waals surface area contributed by atoms with Crippen molar-refractivity contribution < 1.29 is 13.9 Å². The van der Waals surface area contributed by atoms with E-state index in [-0.39, 0.29) is 0 Å². The Kier molecular flexibility index (Phi) is 1.81. The maximum absolute atomic E-state index is 5.59. The van der Waals surface area contributed by atoms with Crippen LogP contribution in [0.3, 0.4) is 0 Å². The minimum absolute atomic E-state index is 0.487. The summed E-state index contributed by atoms with van der Waals surface area (Å²) in [6.45, 7) is 2.98. The van der Waals surface area contributed by atoms with Gasteiger partial charge >= 0.3 is 0 Å². The summed E-state index contributed by atoms with van der Waals surface area (Å²) in [5.74, 6) is -0.333. The second kappa shape index (κ2) is 3.05. The number of hydrogen-bond donors (Lipinski definition) is 0. The van der Waals surface area contributed by atoms with E-state index in [1.807, 2.05) is 31.2 Å². The predicted octanol–water partition coefficient (Wildman–Crippen LogP) is 2.05. The van der Waals surface area contributed by atoms with Crippen LogP contribution in [-0.2, 0) is 15.3 Å². The summed E-state index contributed by atoms with van der Waals surface area (Å²) in [5.41, 5.74) is 1.58. The molecule has 4 heteroatoms.